The van der Waals surface area contributed by atoms with Crippen LogP contribution in [-0.4, -0.2) is 75.0 Å². The smallest absolute Gasteiger partial charge is 0.327 e. The second-order valence-corrected chi connectivity index (χ2v) is 4.09. The predicted octanol–water partition coefficient (Wildman–Crippen LogP) is -3.48. The fourth-order valence-corrected chi connectivity index (χ4v) is 1.88. The topological polar surface area (TPSA) is 155 Å². The molecule has 102 valence electrons. The first-order chi connectivity index (χ1) is 8.45. The van der Waals surface area contributed by atoms with Crippen LogP contribution in [0.5, 0.6) is 0 Å². The molecule has 2 amide bonds. The van der Waals surface area contributed by atoms with Crippen LogP contribution in [0.3, 0.4) is 0 Å². The van der Waals surface area contributed by atoms with Gasteiger partial charge in [-0.3, -0.25) is 20.6 Å². The van der Waals surface area contributed by atoms with Crippen molar-refractivity contribution in [3.05, 3.63) is 0 Å². The van der Waals surface area contributed by atoms with Crippen molar-refractivity contribution >= 4 is 12.0 Å². The van der Waals surface area contributed by atoms with Crippen molar-refractivity contribution < 1.29 is 24.9 Å². The summed E-state index contributed by atoms with van der Waals surface area (Å²) in [7, 11) is 0. The van der Waals surface area contributed by atoms with Gasteiger partial charge in [0.05, 0.1) is 6.61 Å². The van der Waals surface area contributed by atoms with E-state index >= 15 is 0 Å². The Morgan fingerprint density at radius 2 is 2.17 bits per heavy atom. The predicted molar refractivity (Wildman–Crippen MR) is 56.8 cm³/mol. The number of nitrogens with one attached hydrogen (secondary N) is 2. The van der Waals surface area contributed by atoms with Gasteiger partial charge in [-0.05, 0) is 0 Å². The molecule has 7 N–H and O–H groups in total. The Balaban J connectivity index is 2.12. The first kappa shape index (κ1) is 13.0. The maximum Gasteiger partial charge on any atom is 0.327 e. The summed E-state index contributed by atoms with van der Waals surface area (Å²) in [5.41, 5.74) is 0. The first-order valence-electron chi connectivity index (χ1n) is 5.26. The van der Waals surface area contributed by atoms with E-state index < -0.39 is 37.2 Å². The Morgan fingerprint density at radius 3 is 2.72 bits per heavy atom. The molecule has 0 aromatic carbocycles. The van der Waals surface area contributed by atoms with E-state index in [9.17, 15) is 15.0 Å². The third kappa shape index (κ3) is 2.00. The van der Waals surface area contributed by atoms with Crippen LogP contribution >= 0.6 is 0 Å². The average Bonchev–Trinajstić information content (AvgIpc) is 2.61. The summed E-state index contributed by atoms with van der Waals surface area (Å²) in [6.07, 6.45) is -4.74. The zero-order valence-corrected chi connectivity index (χ0v) is 9.35. The SMILES string of the molecule is N=C1NC(=O)N([C@@H]2O[C@H](CO)[C@@H](O)[C@H]2O)CN1N. The van der Waals surface area contributed by atoms with Crippen LogP contribution in [-0.2, 0) is 4.74 Å². The Hall–Kier alpha value is -1.46. The lowest BCUT2D eigenvalue weighted by atomic mass is 10.1. The van der Waals surface area contributed by atoms with Crippen LogP contribution in [0.4, 0.5) is 4.79 Å². The summed E-state index contributed by atoms with van der Waals surface area (Å²) in [5.74, 6) is 5.17. The molecule has 4 atom stereocenters. The van der Waals surface area contributed by atoms with Crippen molar-refractivity contribution in [3.8, 4) is 0 Å². The number of hydrazine groups is 1. The third-order valence-corrected chi connectivity index (χ3v) is 2.90. The zero-order valence-electron chi connectivity index (χ0n) is 9.35. The van der Waals surface area contributed by atoms with Gasteiger partial charge in [0.15, 0.2) is 6.23 Å². The summed E-state index contributed by atoms with van der Waals surface area (Å²) >= 11 is 0. The lowest BCUT2D eigenvalue weighted by Gasteiger charge is -2.38. The molecule has 18 heavy (non-hydrogen) atoms. The first-order valence-corrected chi connectivity index (χ1v) is 5.26. The third-order valence-electron chi connectivity index (χ3n) is 2.90. The molecule has 0 aromatic rings. The molecule has 10 heteroatoms. The average molecular weight is 261 g/mol. The summed E-state index contributed by atoms with van der Waals surface area (Å²) in [6.45, 7) is -0.649. The highest BCUT2D eigenvalue weighted by Gasteiger charge is 2.48. The number of carbonyl (C=O) groups excluding carboxylic acids is 1. The van der Waals surface area contributed by atoms with Crippen molar-refractivity contribution in [3.63, 3.8) is 0 Å². The summed E-state index contributed by atoms with van der Waals surface area (Å²) in [5, 5.41) is 38.7. The summed E-state index contributed by atoms with van der Waals surface area (Å²) in [4.78, 5) is 12.7. The number of guanidine groups is 1. The van der Waals surface area contributed by atoms with Crippen LogP contribution in [0.15, 0.2) is 0 Å². The lowest BCUT2D eigenvalue weighted by molar-refractivity contribution is -0.0902. The Kier molecular flexibility index (Phi) is 3.36. The maximum absolute atomic E-state index is 11.6. The van der Waals surface area contributed by atoms with E-state index in [1.807, 2.05) is 0 Å². The Labute approximate surface area is 102 Å². The van der Waals surface area contributed by atoms with Gasteiger partial charge in [0, 0.05) is 0 Å². The molecule has 10 nitrogen and oxygen atoms in total. The normalized spacial score (nSPS) is 37.1. The molecule has 2 rings (SSSR count). The molecule has 2 saturated heterocycles. The fourth-order valence-electron chi connectivity index (χ4n) is 1.88. The standard InChI is InChI=1S/C8H15N5O5/c9-7-11-8(17)12(2-13(7)10)6-5(16)4(15)3(1-14)18-6/h3-6,14-16H,1-2,10H2,(H2,9,11,17)/t3-,4-,5-,6-/m1/s1. The maximum atomic E-state index is 11.6. The van der Waals surface area contributed by atoms with Gasteiger partial charge in [-0.2, -0.15) is 0 Å². The van der Waals surface area contributed by atoms with E-state index in [1.165, 1.54) is 0 Å². The minimum absolute atomic E-state index is 0.169. The molecule has 2 aliphatic heterocycles. The van der Waals surface area contributed by atoms with Gasteiger partial charge >= 0.3 is 6.03 Å². The number of rotatable bonds is 2. The van der Waals surface area contributed by atoms with E-state index in [1.54, 1.807) is 0 Å². The van der Waals surface area contributed by atoms with E-state index in [0.29, 0.717) is 0 Å². The van der Waals surface area contributed by atoms with Gasteiger partial charge in [-0.1, -0.05) is 0 Å². The molecule has 0 radical (unpaired) electrons. The molecular weight excluding hydrogens is 246 g/mol. The van der Waals surface area contributed by atoms with Crippen LogP contribution in [0.1, 0.15) is 0 Å². The Bertz CT molecular complexity index is 366. The van der Waals surface area contributed by atoms with E-state index in [2.05, 4.69) is 5.32 Å². The molecule has 2 aliphatic rings. The number of aliphatic hydroxyl groups excluding tert-OH is 3. The van der Waals surface area contributed by atoms with Gasteiger partial charge in [-0.15, -0.1) is 0 Å². The van der Waals surface area contributed by atoms with Crippen LogP contribution in [0.25, 0.3) is 0 Å². The fraction of sp³-hybridized carbons (Fsp3) is 0.750. The molecule has 2 fully saturated rings. The van der Waals surface area contributed by atoms with E-state index in [-0.39, 0.29) is 12.6 Å². The van der Waals surface area contributed by atoms with Crippen LogP contribution < -0.4 is 11.2 Å². The molecular formula is C8H15N5O5. The highest BCUT2D eigenvalue weighted by Crippen LogP contribution is 2.24. The summed E-state index contributed by atoms with van der Waals surface area (Å²) in [6, 6.07) is -0.670. The van der Waals surface area contributed by atoms with Crippen molar-refractivity contribution in [2.75, 3.05) is 13.3 Å². The minimum atomic E-state index is -1.35. The molecule has 0 saturated carbocycles. The highest BCUT2D eigenvalue weighted by molar-refractivity contribution is 5.96. The van der Waals surface area contributed by atoms with Gasteiger partial charge in [0.1, 0.15) is 25.0 Å². The van der Waals surface area contributed by atoms with Crippen molar-refractivity contribution in [1.29, 1.82) is 5.41 Å². The largest absolute Gasteiger partial charge is 0.394 e. The zero-order chi connectivity index (χ0) is 13.4. The van der Waals surface area contributed by atoms with Gasteiger partial charge in [0.2, 0.25) is 5.96 Å². The number of ether oxygens (including phenoxy) is 1. The molecule has 0 aliphatic carbocycles. The summed E-state index contributed by atoms with van der Waals surface area (Å²) < 4.78 is 5.19. The highest BCUT2D eigenvalue weighted by atomic mass is 16.6. The molecule has 0 unspecified atom stereocenters. The monoisotopic (exact) mass is 261 g/mol. The number of nitrogens with two attached hydrogens (primary N) is 1. The van der Waals surface area contributed by atoms with Crippen LogP contribution in [0.2, 0.25) is 0 Å². The van der Waals surface area contributed by atoms with Gasteiger partial charge in [0.25, 0.3) is 0 Å². The number of amides is 2. The molecule has 0 spiro atoms. The van der Waals surface area contributed by atoms with Crippen LogP contribution in [0, 0.1) is 5.41 Å². The molecule has 2 heterocycles. The van der Waals surface area contributed by atoms with Crippen molar-refractivity contribution in [1.82, 2.24) is 15.2 Å². The van der Waals surface area contributed by atoms with Gasteiger partial charge < -0.3 is 20.1 Å². The van der Waals surface area contributed by atoms with Crippen molar-refractivity contribution in [2.24, 2.45) is 5.84 Å². The molecule has 0 aromatic heterocycles. The van der Waals surface area contributed by atoms with E-state index in [4.69, 9.17) is 21.1 Å². The number of carbonyl (C=O) groups is 1. The quantitative estimate of drug-likeness (QED) is 0.282. The minimum Gasteiger partial charge on any atom is -0.394 e. The number of urea groups is 1. The number of hydrogen-bond donors (Lipinski definition) is 6. The number of nitrogens with zero attached hydrogens (tertiary/aromatic N) is 2. The van der Waals surface area contributed by atoms with Crippen molar-refractivity contribution in [2.45, 2.75) is 24.5 Å². The lowest BCUT2D eigenvalue weighted by Crippen LogP contribution is -2.65. The second-order valence-electron chi connectivity index (χ2n) is 4.09. The van der Waals surface area contributed by atoms with E-state index in [0.717, 1.165) is 9.91 Å². The number of hydrogen-bond acceptors (Lipinski definition) is 7. The molecule has 0 bridgehead atoms. The number of aliphatic hydroxyl groups is 3. The van der Waals surface area contributed by atoms with Gasteiger partial charge in [-0.25, -0.2) is 10.6 Å². The Morgan fingerprint density at radius 1 is 1.50 bits per heavy atom. The second kappa shape index (κ2) is 4.66.